The van der Waals surface area contributed by atoms with Crippen molar-refractivity contribution in [2.45, 2.75) is 0 Å². The first kappa shape index (κ1) is 18.9. The number of benzene rings is 1. The third kappa shape index (κ3) is 4.65. The normalized spacial score (nSPS) is 14.0. The van der Waals surface area contributed by atoms with Crippen LogP contribution < -0.4 is 5.32 Å². The third-order valence-corrected chi connectivity index (χ3v) is 5.26. The fraction of sp³-hybridized carbons (Fsp3) is 0.316. The van der Waals surface area contributed by atoms with Gasteiger partial charge in [0.1, 0.15) is 0 Å². The molecule has 0 radical (unpaired) electrons. The van der Waals surface area contributed by atoms with E-state index in [2.05, 4.69) is 10.1 Å². The number of ether oxygens (including phenoxy) is 1. The van der Waals surface area contributed by atoms with Gasteiger partial charge in [0, 0.05) is 31.9 Å². The van der Waals surface area contributed by atoms with Crippen LogP contribution in [0, 0.1) is 0 Å². The number of carbonyl (C=O) groups is 3. The second-order valence-corrected chi connectivity index (χ2v) is 7.02. The molecular formula is C19H21N3O4S. The van der Waals surface area contributed by atoms with E-state index in [0.717, 1.165) is 10.6 Å². The Bertz CT molecular complexity index is 797. The van der Waals surface area contributed by atoms with E-state index < -0.39 is 5.97 Å². The lowest BCUT2D eigenvalue weighted by molar-refractivity contribution is -0.130. The van der Waals surface area contributed by atoms with Crippen LogP contribution in [0.5, 0.6) is 0 Å². The number of nitrogens with one attached hydrogen (secondary N) is 1. The van der Waals surface area contributed by atoms with Gasteiger partial charge < -0.3 is 19.9 Å². The Morgan fingerprint density at radius 2 is 1.70 bits per heavy atom. The van der Waals surface area contributed by atoms with Crippen molar-refractivity contribution in [3.8, 4) is 0 Å². The van der Waals surface area contributed by atoms with Crippen molar-refractivity contribution >= 4 is 34.8 Å². The first-order valence-electron chi connectivity index (χ1n) is 8.61. The van der Waals surface area contributed by atoms with Crippen LogP contribution in [0.4, 0.5) is 5.69 Å². The summed E-state index contributed by atoms with van der Waals surface area (Å²) in [6.07, 6.45) is 0. The molecule has 0 bridgehead atoms. The monoisotopic (exact) mass is 387 g/mol. The van der Waals surface area contributed by atoms with E-state index in [1.165, 1.54) is 18.4 Å². The largest absolute Gasteiger partial charge is 0.465 e. The molecule has 1 N–H and O–H groups in total. The Hall–Kier alpha value is -2.87. The summed E-state index contributed by atoms with van der Waals surface area (Å²) in [7, 11) is 1.33. The minimum atomic E-state index is -0.396. The molecule has 1 aliphatic heterocycles. The van der Waals surface area contributed by atoms with Crippen molar-refractivity contribution < 1.29 is 19.1 Å². The molecule has 27 heavy (non-hydrogen) atoms. The Morgan fingerprint density at radius 1 is 1.04 bits per heavy atom. The lowest BCUT2D eigenvalue weighted by Gasteiger charge is -2.34. The van der Waals surface area contributed by atoms with Gasteiger partial charge in [-0.05, 0) is 35.7 Å². The number of hydrogen-bond acceptors (Lipinski definition) is 6. The van der Waals surface area contributed by atoms with Gasteiger partial charge in [0.05, 0.1) is 24.1 Å². The molecular weight excluding hydrogens is 366 g/mol. The second kappa shape index (κ2) is 8.68. The highest BCUT2D eigenvalue weighted by Gasteiger charge is 2.25. The summed E-state index contributed by atoms with van der Waals surface area (Å²) >= 11 is 1.43. The summed E-state index contributed by atoms with van der Waals surface area (Å²) in [6, 6.07) is 10.4. The summed E-state index contributed by atoms with van der Waals surface area (Å²) in [6.45, 7) is 2.29. The molecule has 0 atom stereocenters. The Morgan fingerprint density at radius 3 is 2.30 bits per heavy atom. The van der Waals surface area contributed by atoms with Crippen LogP contribution in [0.3, 0.4) is 0 Å². The molecule has 2 amide bonds. The average Bonchev–Trinajstić information content (AvgIpc) is 3.26. The molecule has 2 aromatic rings. The average molecular weight is 387 g/mol. The first-order chi connectivity index (χ1) is 13.1. The number of hydrogen-bond donors (Lipinski definition) is 1. The zero-order valence-corrected chi connectivity index (χ0v) is 15.8. The number of methoxy groups -OCH3 is 1. The molecule has 3 rings (SSSR count). The molecule has 7 nitrogen and oxygen atoms in total. The molecule has 2 heterocycles. The van der Waals surface area contributed by atoms with E-state index in [1.54, 1.807) is 34.1 Å². The fourth-order valence-corrected chi connectivity index (χ4v) is 3.54. The molecule has 8 heteroatoms. The summed E-state index contributed by atoms with van der Waals surface area (Å²) < 4.78 is 4.66. The molecule has 1 aromatic carbocycles. The lowest BCUT2D eigenvalue weighted by Crippen LogP contribution is -2.51. The smallest absolute Gasteiger partial charge is 0.337 e. The van der Waals surface area contributed by atoms with Gasteiger partial charge in [-0.15, -0.1) is 11.3 Å². The summed E-state index contributed by atoms with van der Waals surface area (Å²) in [5.41, 5.74) is 1.21. The number of nitrogens with zero attached hydrogens (tertiary/aromatic N) is 2. The standard InChI is InChI=1S/C19H21N3O4S/c1-26-19(25)14-4-6-15(7-5-14)20-13-17(23)21-8-10-22(11-9-21)18(24)16-3-2-12-27-16/h2-7,12,20H,8-11,13H2,1H3. The molecule has 0 unspecified atom stereocenters. The highest BCUT2D eigenvalue weighted by atomic mass is 32.1. The van der Waals surface area contributed by atoms with Crippen molar-refractivity contribution in [2.24, 2.45) is 0 Å². The van der Waals surface area contributed by atoms with Gasteiger partial charge in [0.15, 0.2) is 0 Å². The van der Waals surface area contributed by atoms with Crippen LogP contribution in [0.25, 0.3) is 0 Å². The van der Waals surface area contributed by atoms with E-state index in [0.29, 0.717) is 31.7 Å². The zero-order chi connectivity index (χ0) is 19.2. The summed E-state index contributed by atoms with van der Waals surface area (Å²) in [5, 5.41) is 4.95. The van der Waals surface area contributed by atoms with Gasteiger partial charge in [-0.25, -0.2) is 4.79 Å². The topological polar surface area (TPSA) is 79.0 Å². The van der Waals surface area contributed by atoms with Crippen molar-refractivity contribution in [1.82, 2.24) is 9.80 Å². The van der Waals surface area contributed by atoms with Gasteiger partial charge >= 0.3 is 5.97 Å². The van der Waals surface area contributed by atoms with Gasteiger partial charge in [0.2, 0.25) is 5.91 Å². The van der Waals surface area contributed by atoms with Crippen LogP contribution in [0.15, 0.2) is 41.8 Å². The lowest BCUT2D eigenvalue weighted by atomic mass is 10.2. The maximum absolute atomic E-state index is 12.4. The Labute approximate surface area is 161 Å². The van der Waals surface area contributed by atoms with Crippen molar-refractivity contribution in [3.63, 3.8) is 0 Å². The molecule has 1 aliphatic rings. The molecule has 1 saturated heterocycles. The summed E-state index contributed by atoms with van der Waals surface area (Å²) in [5.74, 6) is -0.385. The fourth-order valence-electron chi connectivity index (χ4n) is 2.85. The van der Waals surface area contributed by atoms with Crippen molar-refractivity contribution in [2.75, 3.05) is 45.2 Å². The molecule has 0 aliphatic carbocycles. The Balaban J connectivity index is 1.45. The Kier molecular flexibility index (Phi) is 6.08. The maximum Gasteiger partial charge on any atom is 0.337 e. The van der Waals surface area contributed by atoms with Crippen molar-refractivity contribution in [1.29, 1.82) is 0 Å². The second-order valence-electron chi connectivity index (χ2n) is 6.07. The van der Waals surface area contributed by atoms with Gasteiger partial charge in [-0.1, -0.05) is 6.07 Å². The molecule has 142 valence electrons. The van der Waals surface area contributed by atoms with E-state index in [1.807, 2.05) is 17.5 Å². The molecule has 0 spiro atoms. The number of rotatable bonds is 5. The molecule has 1 aromatic heterocycles. The van der Waals surface area contributed by atoms with Gasteiger partial charge in [-0.3, -0.25) is 9.59 Å². The van der Waals surface area contributed by atoms with Crippen LogP contribution >= 0.6 is 11.3 Å². The third-order valence-electron chi connectivity index (χ3n) is 4.40. The van der Waals surface area contributed by atoms with E-state index in [9.17, 15) is 14.4 Å². The quantitative estimate of drug-likeness (QED) is 0.793. The number of anilines is 1. The number of carbonyl (C=O) groups excluding carboxylic acids is 3. The number of thiophene rings is 1. The maximum atomic E-state index is 12.4. The van der Waals surface area contributed by atoms with E-state index >= 15 is 0 Å². The minimum absolute atomic E-state index is 0.0183. The van der Waals surface area contributed by atoms with Gasteiger partial charge in [-0.2, -0.15) is 0 Å². The van der Waals surface area contributed by atoms with Crippen molar-refractivity contribution in [3.05, 3.63) is 52.2 Å². The van der Waals surface area contributed by atoms with Crippen LogP contribution in [0.2, 0.25) is 0 Å². The zero-order valence-electron chi connectivity index (χ0n) is 15.0. The van der Waals surface area contributed by atoms with E-state index in [4.69, 9.17) is 0 Å². The highest BCUT2D eigenvalue weighted by Crippen LogP contribution is 2.14. The molecule has 1 fully saturated rings. The summed E-state index contributed by atoms with van der Waals surface area (Å²) in [4.78, 5) is 40.4. The van der Waals surface area contributed by atoms with Crippen LogP contribution in [-0.4, -0.2) is 67.4 Å². The van der Waals surface area contributed by atoms with Gasteiger partial charge in [0.25, 0.3) is 5.91 Å². The van der Waals surface area contributed by atoms with Crippen LogP contribution in [0.1, 0.15) is 20.0 Å². The SMILES string of the molecule is COC(=O)c1ccc(NCC(=O)N2CCN(C(=O)c3cccs3)CC2)cc1. The predicted molar refractivity (Wildman–Crippen MR) is 103 cm³/mol. The number of piperazine rings is 1. The predicted octanol–water partition coefficient (Wildman–Crippen LogP) is 1.93. The number of esters is 1. The van der Waals surface area contributed by atoms with E-state index in [-0.39, 0.29) is 18.4 Å². The molecule has 0 saturated carbocycles. The van der Waals surface area contributed by atoms with Crippen LogP contribution in [-0.2, 0) is 9.53 Å². The first-order valence-corrected chi connectivity index (χ1v) is 9.49. The minimum Gasteiger partial charge on any atom is -0.465 e. The highest BCUT2D eigenvalue weighted by molar-refractivity contribution is 7.12. The number of amides is 2.